The van der Waals surface area contributed by atoms with Crippen LogP contribution < -0.4 is 0 Å². The fraction of sp³-hybridized carbons (Fsp3) is 0.273. The van der Waals surface area contributed by atoms with Gasteiger partial charge in [-0.2, -0.15) is 0 Å². The van der Waals surface area contributed by atoms with E-state index in [1.165, 1.54) is 0 Å². The predicted molar refractivity (Wildman–Crippen MR) is 67.0 cm³/mol. The molecule has 0 spiro atoms. The Morgan fingerprint density at radius 2 is 2.00 bits per heavy atom. The van der Waals surface area contributed by atoms with Crippen LogP contribution in [0.1, 0.15) is 24.2 Å². The van der Waals surface area contributed by atoms with E-state index in [0.29, 0.717) is 10.6 Å². The number of aliphatic imine (C=N–C) groups is 1. The van der Waals surface area contributed by atoms with E-state index in [1.54, 1.807) is 36.0 Å². The number of hydrogen-bond donors (Lipinski definition) is 0. The van der Waals surface area contributed by atoms with Gasteiger partial charge in [-0.25, -0.2) is 4.99 Å². The second kappa shape index (κ2) is 5.93. The molecule has 0 aliphatic heterocycles. The SMILES string of the molecule is CCSC(C)=NC(=O)c1ccc(Cl)cc1. The molecule has 0 radical (unpaired) electrons. The molecule has 0 N–H and O–H groups in total. The van der Waals surface area contributed by atoms with E-state index < -0.39 is 0 Å². The fourth-order valence-corrected chi connectivity index (χ4v) is 1.73. The van der Waals surface area contributed by atoms with Gasteiger partial charge in [-0.1, -0.05) is 18.5 Å². The van der Waals surface area contributed by atoms with Gasteiger partial charge in [0.15, 0.2) is 0 Å². The van der Waals surface area contributed by atoms with E-state index in [2.05, 4.69) is 4.99 Å². The van der Waals surface area contributed by atoms with Gasteiger partial charge < -0.3 is 0 Å². The molecule has 15 heavy (non-hydrogen) atoms. The quantitative estimate of drug-likeness (QED) is 0.584. The van der Waals surface area contributed by atoms with Gasteiger partial charge in [0.05, 0.1) is 5.04 Å². The van der Waals surface area contributed by atoms with Crippen LogP contribution in [0.3, 0.4) is 0 Å². The summed E-state index contributed by atoms with van der Waals surface area (Å²) in [7, 11) is 0. The van der Waals surface area contributed by atoms with Crippen molar-refractivity contribution in [3.63, 3.8) is 0 Å². The average Bonchev–Trinajstić information content (AvgIpc) is 2.18. The Morgan fingerprint density at radius 3 is 2.53 bits per heavy atom. The van der Waals surface area contributed by atoms with Crippen molar-refractivity contribution in [2.24, 2.45) is 4.99 Å². The standard InChI is InChI=1S/C11H12ClNOS/c1-3-15-8(2)13-11(14)9-4-6-10(12)7-5-9/h4-7H,3H2,1-2H3. The first kappa shape index (κ1) is 12.3. The van der Waals surface area contributed by atoms with Crippen LogP contribution in [-0.4, -0.2) is 16.7 Å². The first-order valence-corrected chi connectivity index (χ1v) is 5.98. The summed E-state index contributed by atoms with van der Waals surface area (Å²) in [5.74, 6) is 0.702. The number of amides is 1. The number of halogens is 1. The minimum Gasteiger partial charge on any atom is -0.267 e. The van der Waals surface area contributed by atoms with E-state index in [-0.39, 0.29) is 5.91 Å². The molecule has 0 atom stereocenters. The summed E-state index contributed by atoms with van der Waals surface area (Å²) in [6.07, 6.45) is 0. The summed E-state index contributed by atoms with van der Waals surface area (Å²) < 4.78 is 0. The number of benzene rings is 1. The Labute approximate surface area is 98.7 Å². The molecule has 1 aromatic rings. The van der Waals surface area contributed by atoms with E-state index in [1.807, 2.05) is 13.8 Å². The number of carbonyl (C=O) groups is 1. The Kier molecular flexibility index (Phi) is 4.85. The maximum Gasteiger partial charge on any atom is 0.277 e. The van der Waals surface area contributed by atoms with Crippen LogP contribution in [0.15, 0.2) is 29.3 Å². The fourth-order valence-electron chi connectivity index (χ4n) is 1.04. The number of rotatable bonds is 2. The van der Waals surface area contributed by atoms with Gasteiger partial charge in [0, 0.05) is 10.6 Å². The van der Waals surface area contributed by atoms with Crippen LogP contribution in [0.2, 0.25) is 5.02 Å². The molecule has 0 aliphatic rings. The van der Waals surface area contributed by atoms with Crippen molar-refractivity contribution in [3.8, 4) is 0 Å². The normalized spacial score (nSPS) is 11.5. The molecular weight excluding hydrogens is 230 g/mol. The van der Waals surface area contributed by atoms with Crippen LogP contribution in [0.5, 0.6) is 0 Å². The van der Waals surface area contributed by atoms with Gasteiger partial charge in [0.1, 0.15) is 0 Å². The van der Waals surface area contributed by atoms with Crippen molar-refractivity contribution in [2.75, 3.05) is 5.75 Å². The van der Waals surface area contributed by atoms with Gasteiger partial charge in [-0.15, -0.1) is 11.8 Å². The summed E-state index contributed by atoms with van der Waals surface area (Å²) in [4.78, 5) is 15.6. The summed E-state index contributed by atoms with van der Waals surface area (Å²) in [6.45, 7) is 3.86. The zero-order chi connectivity index (χ0) is 11.3. The molecule has 0 aromatic heterocycles. The van der Waals surface area contributed by atoms with Crippen molar-refractivity contribution in [3.05, 3.63) is 34.9 Å². The predicted octanol–water partition coefficient (Wildman–Crippen LogP) is 3.65. The van der Waals surface area contributed by atoms with Crippen LogP contribution >= 0.6 is 23.4 Å². The van der Waals surface area contributed by atoms with Crippen molar-refractivity contribution < 1.29 is 4.79 Å². The van der Waals surface area contributed by atoms with Gasteiger partial charge in [-0.05, 0) is 36.9 Å². The van der Waals surface area contributed by atoms with Crippen LogP contribution in [0.25, 0.3) is 0 Å². The van der Waals surface area contributed by atoms with Crippen molar-refractivity contribution in [1.29, 1.82) is 0 Å². The zero-order valence-corrected chi connectivity index (χ0v) is 10.2. The van der Waals surface area contributed by atoms with Crippen molar-refractivity contribution in [1.82, 2.24) is 0 Å². The third-order valence-corrected chi connectivity index (χ3v) is 2.75. The minimum absolute atomic E-state index is 0.217. The summed E-state index contributed by atoms with van der Waals surface area (Å²) in [6, 6.07) is 6.73. The van der Waals surface area contributed by atoms with Gasteiger partial charge >= 0.3 is 0 Å². The second-order valence-corrected chi connectivity index (χ2v) is 4.77. The molecule has 4 heteroatoms. The first-order chi connectivity index (χ1) is 7.13. The zero-order valence-electron chi connectivity index (χ0n) is 8.66. The molecule has 0 unspecified atom stereocenters. The van der Waals surface area contributed by atoms with Crippen LogP contribution in [0, 0.1) is 0 Å². The topological polar surface area (TPSA) is 29.4 Å². The van der Waals surface area contributed by atoms with Crippen LogP contribution in [0.4, 0.5) is 0 Å². The first-order valence-electron chi connectivity index (χ1n) is 4.61. The number of thioether (sulfide) groups is 1. The monoisotopic (exact) mass is 241 g/mol. The maximum atomic E-state index is 11.6. The smallest absolute Gasteiger partial charge is 0.267 e. The third kappa shape index (κ3) is 4.06. The number of hydrogen-bond acceptors (Lipinski definition) is 2. The molecule has 0 saturated carbocycles. The molecule has 1 rings (SSSR count). The van der Waals surface area contributed by atoms with E-state index in [0.717, 1.165) is 10.8 Å². The molecule has 1 aromatic carbocycles. The second-order valence-electron chi connectivity index (χ2n) is 2.88. The molecule has 0 fully saturated rings. The summed E-state index contributed by atoms with van der Waals surface area (Å²) in [5.41, 5.74) is 0.565. The lowest BCUT2D eigenvalue weighted by molar-refractivity contribution is 0.100. The lowest BCUT2D eigenvalue weighted by Gasteiger charge is -1.98. The van der Waals surface area contributed by atoms with Gasteiger partial charge in [0.25, 0.3) is 5.91 Å². The molecule has 0 aliphatic carbocycles. The Morgan fingerprint density at radius 1 is 1.40 bits per heavy atom. The molecule has 0 bridgehead atoms. The van der Waals surface area contributed by atoms with Crippen molar-refractivity contribution >= 4 is 34.3 Å². The van der Waals surface area contributed by atoms with Crippen molar-refractivity contribution in [2.45, 2.75) is 13.8 Å². The third-order valence-electron chi connectivity index (χ3n) is 1.70. The molecule has 0 heterocycles. The lowest BCUT2D eigenvalue weighted by Crippen LogP contribution is -1.98. The highest BCUT2D eigenvalue weighted by atomic mass is 35.5. The summed E-state index contributed by atoms with van der Waals surface area (Å²) >= 11 is 7.28. The highest BCUT2D eigenvalue weighted by molar-refractivity contribution is 8.13. The highest BCUT2D eigenvalue weighted by Crippen LogP contribution is 2.11. The lowest BCUT2D eigenvalue weighted by atomic mass is 10.2. The number of carbonyl (C=O) groups excluding carboxylic acids is 1. The Hall–Kier alpha value is -0.800. The summed E-state index contributed by atoms with van der Waals surface area (Å²) in [5, 5.41) is 1.41. The largest absolute Gasteiger partial charge is 0.277 e. The van der Waals surface area contributed by atoms with Gasteiger partial charge in [-0.3, -0.25) is 4.79 Å². The van der Waals surface area contributed by atoms with Gasteiger partial charge in [0.2, 0.25) is 0 Å². The highest BCUT2D eigenvalue weighted by Gasteiger charge is 2.03. The maximum absolute atomic E-state index is 11.6. The molecule has 1 amide bonds. The molecular formula is C11H12ClNOS. The Bertz CT molecular complexity index is 373. The number of nitrogens with zero attached hydrogens (tertiary/aromatic N) is 1. The minimum atomic E-state index is -0.217. The Balaban J connectivity index is 2.77. The van der Waals surface area contributed by atoms with E-state index in [9.17, 15) is 4.79 Å². The van der Waals surface area contributed by atoms with Crippen LogP contribution in [-0.2, 0) is 0 Å². The van der Waals surface area contributed by atoms with E-state index >= 15 is 0 Å². The van der Waals surface area contributed by atoms with E-state index in [4.69, 9.17) is 11.6 Å². The molecule has 0 saturated heterocycles. The molecule has 2 nitrogen and oxygen atoms in total. The molecule has 80 valence electrons. The average molecular weight is 242 g/mol.